The molecule has 7 heteroatoms. The maximum atomic E-state index is 15.7. The van der Waals surface area contributed by atoms with Crippen LogP contribution in [0.5, 0.6) is 0 Å². The number of H-pyrrole nitrogens is 1. The van der Waals surface area contributed by atoms with Gasteiger partial charge in [-0.25, -0.2) is 18.7 Å². The van der Waals surface area contributed by atoms with E-state index < -0.39 is 11.6 Å². The lowest BCUT2D eigenvalue weighted by atomic mass is 9.68. The summed E-state index contributed by atoms with van der Waals surface area (Å²) in [5, 5.41) is 13.9. The molecule has 2 N–H and O–H groups in total. The zero-order valence-corrected chi connectivity index (χ0v) is 17.1. The molecule has 1 unspecified atom stereocenters. The van der Waals surface area contributed by atoms with Crippen LogP contribution in [0.4, 0.5) is 14.6 Å². The van der Waals surface area contributed by atoms with Crippen molar-refractivity contribution >= 4 is 16.9 Å². The molecule has 3 aromatic heterocycles. The van der Waals surface area contributed by atoms with E-state index >= 15 is 4.39 Å². The molecule has 0 radical (unpaired) electrons. The van der Waals surface area contributed by atoms with Crippen molar-refractivity contribution in [3.05, 3.63) is 41.2 Å². The van der Waals surface area contributed by atoms with Gasteiger partial charge in [0, 0.05) is 28.8 Å². The number of pyridine rings is 2. The molecular weight excluding hydrogens is 396 g/mol. The van der Waals surface area contributed by atoms with Gasteiger partial charge < -0.3 is 10.3 Å². The third-order valence-corrected chi connectivity index (χ3v) is 7.39. The molecule has 4 fully saturated rings. The Kier molecular flexibility index (Phi) is 4.24. The number of nitriles is 1. The summed E-state index contributed by atoms with van der Waals surface area (Å²) in [5.74, 6) is 0.656. The molecule has 4 saturated carbocycles. The molecule has 3 heterocycles. The highest BCUT2D eigenvalue weighted by molar-refractivity contribution is 5.94. The van der Waals surface area contributed by atoms with Crippen molar-refractivity contribution in [1.29, 1.82) is 5.26 Å². The first-order valence-electron chi connectivity index (χ1n) is 11.2. The molecule has 31 heavy (non-hydrogen) atoms. The van der Waals surface area contributed by atoms with Crippen molar-refractivity contribution in [1.82, 2.24) is 15.0 Å². The minimum Gasteiger partial charge on any atom is -0.365 e. The Bertz CT molecular complexity index is 1210. The van der Waals surface area contributed by atoms with E-state index in [1.54, 1.807) is 6.20 Å². The maximum Gasteiger partial charge on any atom is 0.170 e. The van der Waals surface area contributed by atoms with Crippen molar-refractivity contribution in [3.8, 4) is 17.3 Å². The van der Waals surface area contributed by atoms with Gasteiger partial charge in [-0.05, 0) is 55.9 Å². The third-order valence-electron chi connectivity index (χ3n) is 7.39. The number of aromatic amines is 1. The number of halogens is 2. The van der Waals surface area contributed by atoms with Gasteiger partial charge in [0.05, 0.1) is 17.5 Å². The van der Waals surface area contributed by atoms with Crippen LogP contribution in [0.2, 0.25) is 0 Å². The van der Waals surface area contributed by atoms with Gasteiger partial charge in [0.1, 0.15) is 17.5 Å². The molecule has 0 spiro atoms. The molecular formula is C24H23F2N5. The molecule has 7 rings (SSSR count). The van der Waals surface area contributed by atoms with Crippen LogP contribution in [-0.4, -0.2) is 21.0 Å². The van der Waals surface area contributed by atoms with Crippen molar-refractivity contribution in [2.75, 3.05) is 5.32 Å². The molecule has 158 valence electrons. The highest BCUT2D eigenvalue weighted by atomic mass is 19.1. The van der Waals surface area contributed by atoms with Crippen molar-refractivity contribution in [2.45, 2.75) is 56.9 Å². The van der Waals surface area contributed by atoms with E-state index in [1.165, 1.54) is 31.7 Å². The van der Waals surface area contributed by atoms with Gasteiger partial charge in [0.25, 0.3) is 0 Å². The van der Waals surface area contributed by atoms with E-state index in [1.807, 2.05) is 0 Å². The molecule has 1 atom stereocenters. The van der Waals surface area contributed by atoms with Crippen LogP contribution in [0, 0.1) is 34.8 Å². The standard InChI is InChI=1S/C24H23F2N5/c25-15-8-16-18(11-29-23(16)28-10-15)22-17(9-27)20(14-5-6-14)21(26)24(31-22)30-19-7-12-1-3-13(19)4-2-12/h8,10-14,19H,1-7H2,(H,28,29)(H,30,31). The summed E-state index contributed by atoms with van der Waals surface area (Å²) in [6.45, 7) is 0. The monoisotopic (exact) mass is 419 g/mol. The first-order chi connectivity index (χ1) is 15.1. The molecule has 3 aromatic rings. The summed E-state index contributed by atoms with van der Waals surface area (Å²) in [5.41, 5.74) is 2.19. The van der Waals surface area contributed by atoms with E-state index in [2.05, 4.69) is 26.3 Å². The first kappa shape index (κ1) is 18.7. The number of fused-ring (bicyclic) bond motifs is 4. The number of nitrogens with one attached hydrogen (secondary N) is 2. The van der Waals surface area contributed by atoms with Gasteiger partial charge >= 0.3 is 0 Å². The van der Waals surface area contributed by atoms with Crippen LogP contribution in [0.15, 0.2) is 18.5 Å². The lowest BCUT2D eigenvalue weighted by Gasteiger charge is -2.43. The molecule has 5 nitrogen and oxygen atoms in total. The summed E-state index contributed by atoms with van der Waals surface area (Å²) < 4.78 is 29.6. The third kappa shape index (κ3) is 3.08. The average molecular weight is 419 g/mol. The Balaban J connectivity index is 1.50. The van der Waals surface area contributed by atoms with Gasteiger partial charge in [-0.3, -0.25) is 0 Å². The normalized spacial score (nSPS) is 25.0. The van der Waals surface area contributed by atoms with E-state index in [4.69, 9.17) is 0 Å². The second-order valence-electron chi connectivity index (χ2n) is 9.32. The number of rotatable bonds is 4. The van der Waals surface area contributed by atoms with Crippen LogP contribution < -0.4 is 5.32 Å². The SMILES string of the molecule is N#Cc1c(-c2c[nH]c3ncc(F)cc23)nc(NC2CC3CCC2CC3)c(F)c1C1CC1. The fourth-order valence-electron chi connectivity index (χ4n) is 5.64. The number of hydrogen-bond acceptors (Lipinski definition) is 4. The molecule has 0 amide bonds. The van der Waals surface area contributed by atoms with E-state index in [-0.39, 0.29) is 23.3 Å². The number of aromatic nitrogens is 3. The second-order valence-corrected chi connectivity index (χ2v) is 9.32. The Morgan fingerprint density at radius 3 is 2.61 bits per heavy atom. The molecule has 0 aromatic carbocycles. The van der Waals surface area contributed by atoms with Crippen LogP contribution in [0.3, 0.4) is 0 Å². The van der Waals surface area contributed by atoms with Gasteiger partial charge in [-0.1, -0.05) is 12.8 Å². The van der Waals surface area contributed by atoms with Gasteiger partial charge in [-0.15, -0.1) is 0 Å². The van der Waals surface area contributed by atoms with E-state index in [9.17, 15) is 9.65 Å². The van der Waals surface area contributed by atoms with Crippen LogP contribution in [-0.2, 0) is 0 Å². The predicted octanol–water partition coefficient (Wildman–Crippen LogP) is 5.64. The van der Waals surface area contributed by atoms with Crippen LogP contribution in [0.1, 0.15) is 62.0 Å². The van der Waals surface area contributed by atoms with Crippen LogP contribution in [0.25, 0.3) is 22.3 Å². The molecule has 2 bridgehead atoms. The average Bonchev–Trinajstić information content (AvgIpc) is 3.54. The van der Waals surface area contributed by atoms with Gasteiger partial charge in [0.2, 0.25) is 0 Å². The minimum atomic E-state index is -0.465. The number of anilines is 1. The minimum absolute atomic E-state index is 0.0415. The largest absolute Gasteiger partial charge is 0.365 e. The van der Waals surface area contributed by atoms with Crippen molar-refractivity contribution < 1.29 is 8.78 Å². The zero-order valence-electron chi connectivity index (χ0n) is 17.1. The lowest BCUT2D eigenvalue weighted by molar-refractivity contribution is 0.157. The molecule has 0 saturated heterocycles. The summed E-state index contributed by atoms with van der Waals surface area (Å²) in [6.07, 6.45) is 10.5. The van der Waals surface area contributed by atoms with Crippen molar-refractivity contribution in [2.24, 2.45) is 11.8 Å². The number of nitrogens with zero attached hydrogens (tertiary/aromatic N) is 3. The highest BCUT2D eigenvalue weighted by Crippen LogP contribution is 2.47. The Morgan fingerprint density at radius 1 is 1.13 bits per heavy atom. The highest BCUT2D eigenvalue weighted by Gasteiger charge is 2.38. The van der Waals surface area contributed by atoms with Gasteiger partial charge in [0.15, 0.2) is 11.6 Å². The maximum absolute atomic E-state index is 15.7. The predicted molar refractivity (Wildman–Crippen MR) is 113 cm³/mol. The molecule has 0 aliphatic heterocycles. The van der Waals surface area contributed by atoms with E-state index in [0.29, 0.717) is 39.7 Å². The van der Waals surface area contributed by atoms with Crippen molar-refractivity contribution in [3.63, 3.8) is 0 Å². The fourth-order valence-corrected chi connectivity index (χ4v) is 5.64. The van der Waals surface area contributed by atoms with Gasteiger partial charge in [-0.2, -0.15) is 5.26 Å². The summed E-state index contributed by atoms with van der Waals surface area (Å²) >= 11 is 0. The van der Waals surface area contributed by atoms with Crippen LogP contribution >= 0.6 is 0 Å². The quantitative estimate of drug-likeness (QED) is 0.573. The summed E-state index contributed by atoms with van der Waals surface area (Å²) in [6, 6.07) is 3.79. The number of hydrogen-bond donors (Lipinski definition) is 2. The Labute approximate surface area is 178 Å². The smallest absolute Gasteiger partial charge is 0.170 e. The fraction of sp³-hybridized carbons (Fsp3) is 0.458. The summed E-state index contributed by atoms with van der Waals surface area (Å²) in [7, 11) is 0. The summed E-state index contributed by atoms with van der Waals surface area (Å²) in [4.78, 5) is 11.7. The molecule has 4 aliphatic rings. The first-order valence-corrected chi connectivity index (χ1v) is 11.2. The Morgan fingerprint density at radius 2 is 1.94 bits per heavy atom. The Hall–Kier alpha value is -3.01. The lowest BCUT2D eigenvalue weighted by Crippen LogP contribution is -2.40. The second kappa shape index (κ2) is 7.01. The molecule has 4 aliphatic carbocycles. The zero-order chi connectivity index (χ0) is 21.1. The topological polar surface area (TPSA) is 77.4 Å². The van der Waals surface area contributed by atoms with E-state index in [0.717, 1.165) is 25.5 Å².